The number of aryl methyl sites for hydroxylation is 2. The van der Waals surface area contributed by atoms with Crippen LogP contribution in [-0.4, -0.2) is 0 Å². The van der Waals surface area contributed by atoms with Crippen LogP contribution in [0.3, 0.4) is 0 Å². The van der Waals surface area contributed by atoms with Gasteiger partial charge in [0.05, 0.1) is 5.56 Å². The molecule has 1 aromatic carbocycles. The molecular weight excluding hydrogens is 220 g/mol. The first-order chi connectivity index (χ1) is 7.36. The van der Waals surface area contributed by atoms with Gasteiger partial charge in [0.15, 0.2) is 0 Å². The van der Waals surface area contributed by atoms with Crippen molar-refractivity contribution in [3.63, 3.8) is 0 Å². The van der Waals surface area contributed by atoms with Crippen LogP contribution in [0.5, 0.6) is 0 Å². The van der Waals surface area contributed by atoms with E-state index in [1.165, 1.54) is 13.0 Å². The highest BCUT2D eigenvalue weighted by atomic mass is 19.4. The maximum Gasteiger partial charge on any atom is 0.416 e. The van der Waals surface area contributed by atoms with Crippen LogP contribution in [0.25, 0.3) is 0 Å². The summed E-state index contributed by atoms with van der Waals surface area (Å²) < 4.78 is 50.0. The highest BCUT2D eigenvalue weighted by Gasteiger charge is 2.33. The minimum absolute atomic E-state index is 0.0655. The summed E-state index contributed by atoms with van der Waals surface area (Å²) in [6, 6.07) is 1.81. The van der Waals surface area contributed by atoms with Gasteiger partial charge in [0.1, 0.15) is 5.82 Å². The van der Waals surface area contributed by atoms with Gasteiger partial charge in [-0.05, 0) is 30.5 Å². The van der Waals surface area contributed by atoms with Crippen molar-refractivity contribution in [2.45, 2.75) is 40.3 Å². The molecule has 0 fully saturated rings. The first kappa shape index (κ1) is 14.9. The van der Waals surface area contributed by atoms with E-state index >= 15 is 0 Å². The van der Waals surface area contributed by atoms with Crippen molar-refractivity contribution in [3.8, 4) is 0 Å². The lowest BCUT2D eigenvalue weighted by molar-refractivity contribution is -0.138. The number of hydrogen-bond donors (Lipinski definition) is 0. The summed E-state index contributed by atoms with van der Waals surface area (Å²) in [4.78, 5) is 0. The first-order valence-electron chi connectivity index (χ1n) is 5.22. The summed E-state index contributed by atoms with van der Waals surface area (Å²) in [6.45, 7) is 7.03. The zero-order chi connectivity index (χ0) is 12.9. The van der Waals surface area contributed by atoms with Gasteiger partial charge in [-0.25, -0.2) is 4.39 Å². The molecule has 0 aliphatic rings. The molecule has 0 atom stereocenters. The van der Waals surface area contributed by atoms with Crippen LogP contribution in [0, 0.1) is 12.7 Å². The van der Waals surface area contributed by atoms with Crippen LogP contribution in [0.4, 0.5) is 17.6 Å². The molecule has 0 saturated heterocycles. The fourth-order valence-corrected chi connectivity index (χ4v) is 1.32. The quantitative estimate of drug-likeness (QED) is 0.618. The van der Waals surface area contributed by atoms with Crippen LogP contribution in [0.15, 0.2) is 12.1 Å². The van der Waals surface area contributed by atoms with Gasteiger partial charge in [0, 0.05) is 0 Å². The van der Waals surface area contributed by atoms with E-state index in [1.54, 1.807) is 6.92 Å². The molecular formula is C12H16F4. The Morgan fingerprint density at radius 2 is 1.62 bits per heavy atom. The third-order valence-electron chi connectivity index (χ3n) is 2.08. The maximum atomic E-state index is 13.1. The number of benzene rings is 1. The van der Waals surface area contributed by atoms with Gasteiger partial charge in [0.25, 0.3) is 0 Å². The average Bonchev–Trinajstić information content (AvgIpc) is 2.22. The molecule has 0 unspecified atom stereocenters. The fraction of sp³-hybridized carbons (Fsp3) is 0.500. The van der Waals surface area contributed by atoms with E-state index in [0.717, 1.165) is 0 Å². The Hall–Kier alpha value is -1.06. The molecule has 4 heteroatoms. The molecule has 92 valence electrons. The molecule has 0 aromatic heterocycles. The Balaban J connectivity index is 0.00000106. The van der Waals surface area contributed by atoms with Crippen molar-refractivity contribution >= 4 is 0 Å². The Bertz CT molecular complexity index is 340. The highest BCUT2D eigenvalue weighted by Crippen LogP contribution is 2.33. The van der Waals surface area contributed by atoms with Gasteiger partial charge in [-0.2, -0.15) is 13.2 Å². The zero-order valence-electron chi connectivity index (χ0n) is 9.87. The van der Waals surface area contributed by atoms with Crippen molar-refractivity contribution in [1.82, 2.24) is 0 Å². The van der Waals surface area contributed by atoms with Crippen LogP contribution >= 0.6 is 0 Å². The van der Waals surface area contributed by atoms with Gasteiger partial charge in [-0.1, -0.05) is 26.8 Å². The Morgan fingerprint density at radius 3 is 2.00 bits per heavy atom. The van der Waals surface area contributed by atoms with Gasteiger partial charge < -0.3 is 0 Å². The summed E-state index contributed by atoms with van der Waals surface area (Å²) in [5.41, 5.74) is -0.515. The lowest BCUT2D eigenvalue weighted by Gasteiger charge is -2.11. The van der Waals surface area contributed by atoms with Crippen molar-refractivity contribution in [3.05, 3.63) is 34.6 Å². The lowest BCUT2D eigenvalue weighted by atomic mass is 10.0. The molecule has 0 N–H and O–H groups in total. The number of hydrogen-bond acceptors (Lipinski definition) is 0. The maximum absolute atomic E-state index is 13.1. The van der Waals surface area contributed by atoms with Crippen molar-refractivity contribution in [1.29, 1.82) is 0 Å². The van der Waals surface area contributed by atoms with Gasteiger partial charge in [-0.15, -0.1) is 0 Å². The van der Waals surface area contributed by atoms with Gasteiger partial charge in [-0.3, -0.25) is 0 Å². The van der Waals surface area contributed by atoms with Crippen LogP contribution in [-0.2, 0) is 12.6 Å². The van der Waals surface area contributed by atoms with Gasteiger partial charge >= 0.3 is 6.18 Å². The summed E-state index contributed by atoms with van der Waals surface area (Å²) >= 11 is 0. The first-order valence-corrected chi connectivity index (χ1v) is 5.22. The standard InChI is InChI=1S/C10H10F4.C2H6/c1-3-7-4-6(2)8(5-9(7)11)10(12,13)14;1-2/h4-5H,3H2,1-2H3;1-2H3. The Labute approximate surface area is 93.3 Å². The summed E-state index contributed by atoms with van der Waals surface area (Å²) in [5, 5.41) is 0. The van der Waals surface area contributed by atoms with Crippen molar-refractivity contribution in [2.75, 3.05) is 0 Å². The van der Waals surface area contributed by atoms with Gasteiger partial charge in [0.2, 0.25) is 0 Å². The topological polar surface area (TPSA) is 0 Å². The minimum Gasteiger partial charge on any atom is -0.207 e. The zero-order valence-corrected chi connectivity index (χ0v) is 9.87. The molecule has 1 aromatic rings. The van der Waals surface area contributed by atoms with Crippen LogP contribution < -0.4 is 0 Å². The molecule has 16 heavy (non-hydrogen) atoms. The predicted octanol–water partition coefficient (Wildman–Crippen LogP) is 4.74. The number of alkyl halides is 3. The van der Waals surface area contributed by atoms with Crippen molar-refractivity contribution < 1.29 is 17.6 Å². The van der Waals surface area contributed by atoms with Crippen LogP contribution in [0.1, 0.15) is 37.5 Å². The summed E-state index contributed by atoms with van der Waals surface area (Å²) in [7, 11) is 0. The van der Waals surface area contributed by atoms with E-state index in [0.29, 0.717) is 18.1 Å². The molecule has 0 spiro atoms. The molecule has 0 amide bonds. The average molecular weight is 236 g/mol. The molecule has 1 rings (SSSR count). The smallest absolute Gasteiger partial charge is 0.207 e. The van der Waals surface area contributed by atoms with E-state index in [2.05, 4.69) is 0 Å². The number of rotatable bonds is 1. The predicted molar refractivity (Wildman–Crippen MR) is 56.9 cm³/mol. The largest absolute Gasteiger partial charge is 0.416 e. The minimum atomic E-state index is -4.48. The van der Waals surface area contributed by atoms with E-state index in [4.69, 9.17) is 0 Å². The Kier molecular flexibility index (Phi) is 5.48. The van der Waals surface area contributed by atoms with E-state index in [9.17, 15) is 17.6 Å². The number of halogens is 4. The third kappa shape index (κ3) is 3.51. The molecule has 0 aliphatic heterocycles. The molecule has 0 bridgehead atoms. The normalized spacial score (nSPS) is 10.8. The highest BCUT2D eigenvalue weighted by molar-refractivity contribution is 5.34. The summed E-state index contributed by atoms with van der Waals surface area (Å²) in [6.07, 6.45) is -4.08. The second-order valence-corrected chi connectivity index (χ2v) is 3.11. The molecule has 0 aliphatic carbocycles. The molecule has 0 saturated carbocycles. The second kappa shape index (κ2) is 5.87. The fourth-order valence-electron chi connectivity index (χ4n) is 1.32. The van der Waals surface area contributed by atoms with Crippen molar-refractivity contribution in [2.24, 2.45) is 0 Å². The van der Waals surface area contributed by atoms with E-state index < -0.39 is 17.6 Å². The van der Waals surface area contributed by atoms with E-state index in [1.807, 2.05) is 13.8 Å². The van der Waals surface area contributed by atoms with E-state index in [-0.39, 0.29) is 5.56 Å². The third-order valence-corrected chi connectivity index (χ3v) is 2.08. The SMILES string of the molecule is CC.CCc1cc(C)c(C(F)(F)F)cc1F. The molecule has 0 radical (unpaired) electrons. The molecule has 0 nitrogen and oxygen atoms in total. The molecule has 0 heterocycles. The lowest BCUT2D eigenvalue weighted by Crippen LogP contribution is -2.09. The summed E-state index contributed by atoms with van der Waals surface area (Å²) in [5.74, 6) is -0.787. The monoisotopic (exact) mass is 236 g/mol. The second-order valence-electron chi connectivity index (χ2n) is 3.11. The Morgan fingerprint density at radius 1 is 1.12 bits per heavy atom. The van der Waals surface area contributed by atoms with Crippen LogP contribution in [0.2, 0.25) is 0 Å².